The molecule has 1 unspecified atom stereocenters. The Kier molecular flexibility index (Phi) is 3.36. The lowest BCUT2D eigenvalue weighted by molar-refractivity contribution is 0.563. The van der Waals surface area contributed by atoms with Gasteiger partial charge in [-0.1, -0.05) is 0 Å². The van der Waals surface area contributed by atoms with E-state index in [4.69, 9.17) is 5.73 Å². The number of nitrogens with one attached hydrogen (secondary N) is 1. The minimum Gasteiger partial charge on any atom is -0.383 e. The quantitative estimate of drug-likeness (QED) is 0.823. The number of nitrogens with zero attached hydrogens (tertiary/aromatic N) is 1. The molecule has 0 aromatic carbocycles. The van der Waals surface area contributed by atoms with Crippen LogP contribution < -0.4 is 10.5 Å². The van der Waals surface area contributed by atoms with Crippen molar-refractivity contribution in [1.82, 2.24) is 9.71 Å². The molecule has 3 N–H and O–H groups in total. The Labute approximate surface area is 98.9 Å². The lowest BCUT2D eigenvalue weighted by atomic mass is 10.3. The summed E-state index contributed by atoms with van der Waals surface area (Å²) < 4.78 is 26.6. The van der Waals surface area contributed by atoms with Crippen molar-refractivity contribution in [3.63, 3.8) is 0 Å². The van der Waals surface area contributed by atoms with Crippen LogP contribution in [0.15, 0.2) is 23.2 Å². The van der Waals surface area contributed by atoms with Crippen molar-refractivity contribution in [3.05, 3.63) is 18.3 Å². The van der Waals surface area contributed by atoms with Gasteiger partial charge in [-0.25, -0.2) is 18.1 Å². The summed E-state index contributed by atoms with van der Waals surface area (Å²) in [7, 11) is -3.53. The van der Waals surface area contributed by atoms with E-state index in [9.17, 15) is 8.42 Å². The second kappa shape index (κ2) is 4.60. The molecule has 1 fully saturated rings. The van der Waals surface area contributed by atoms with Crippen LogP contribution in [0.4, 0.5) is 5.82 Å². The first kappa shape index (κ1) is 11.7. The molecule has 7 heteroatoms. The maximum atomic E-state index is 12.0. The number of sulfonamides is 1. The predicted molar refractivity (Wildman–Crippen MR) is 64.7 cm³/mol. The lowest BCUT2D eigenvalue weighted by Crippen LogP contribution is -2.35. The van der Waals surface area contributed by atoms with Crippen molar-refractivity contribution in [3.8, 4) is 0 Å². The second-order valence-electron chi connectivity index (χ2n) is 3.57. The summed E-state index contributed by atoms with van der Waals surface area (Å²) in [6.45, 7) is 0. The fraction of sp³-hybridized carbons (Fsp3) is 0.444. The molecule has 1 aliphatic rings. The number of nitrogens with two attached hydrogens (primary N) is 1. The summed E-state index contributed by atoms with van der Waals surface area (Å²) >= 11 is 1.75. The molecule has 2 heterocycles. The van der Waals surface area contributed by atoms with Crippen LogP contribution in [-0.2, 0) is 10.0 Å². The monoisotopic (exact) mass is 259 g/mol. The van der Waals surface area contributed by atoms with E-state index in [-0.39, 0.29) is 16.8 Å². The molecule has 1 saturated heterocycles. The van der Waals surface area contributed by atoms with Crippen molar-refractivity contribution < 1.29 is 8.42 Å². The van der Waals surface area contributed by atoms with E-state index in [0.717, 1.165) is 17.9 Å². The number of anilines is 1. The van der Waals surface area contributed by atoms with E-state index in [1.807, 2.05) is 0 Å². The Bertz CT molecular complexity index is 469. The Morgan fingerprint density at radius 1 is 1.56 bits per heavy atom. The van der Waals surface area contributed by atoms with Gasteiger partial charge in [-0.05, 0) is 24.3 Å². The first-order valence-corrected chi connectivity index (χ1v) is 7.54. The van der Waals surface area contributed by atoms with Gasteiger partial charge in [-0.3, -0.25) is 0 Å². The number of rotatable bonds is 3. The Balaban J connectivity index is 2.21. The van der Waals surface area contributed by atoms with Crippen LogP contribution in [0, 0.1) is 0 Å². The SMILES string of the molecule is Nc1ncccc1S(=O)(=O)NC1CCSC1. The van der Waals surface area contributed by atoms with E-state index < -0.39 is 10.0 Å². The van der Waals surface area contributed by atoms with Crippen LogP contribution in [0.25, 0.3) is 0 Å². The number of nitrogen functional groups attached to an aromatic ring is 1. The molecule has 0 spiro atoms. The van der Waals surface area contributed by atoms with Crippen LogP contribution in [0.5, 0.6) is 0 Å². The third-order valence-corrected chi connectivity index (χ3v) is 5.07. The number of pyridine rings is 1. The predicted octanol–water partition coefficient (Wildman–Crippen LogP) is 0.448. The molecule has 1 aliphatic heterocycles. The van der Waals surface area contributed by atoms with E-state index in [2.05, 4.69) is 9.71 Å². The molecule has 0 radical (unpaired) electrons. The van der Waals surface area contributed by atoms with Crippen LogP contribution in [0.2, 0.25) is 0 Å². The van der Waals surface area contributed by atoms with Crippen LogP contribution in [0.3, 0.4) is 0 Å². The van der Waals surface area contributed by atoms with Gasteiger partial charge in [0.25, 0.3) is 0 Å². The fourth-order valence-corrected chi connectivity index (χ4v) is 4.15. The molecular formula is C9H13N3O2S2. The Hall–Kier alpha value is -0.790. The van der Waals surface area contributed by atoms with Crippen molar-refractivity contribution in [2.75, 3.05) is 17.2 Å². The summed E-state index contributed by atoms with van der Waals surface area (Å²) in [4.78, 5) is 3.84. The molecule has 1 atom stereocenters. The van der Waals surface area contributed by atoms with Gasteiger partial charge >= 0.3 is 0 Å². The molecular weight excluding hydrogens is 246 g/mol. The molecule has 88 valence electrons. The van der Waals surface area contributed by atoms with E-state index in [0.29, 0.717) is 0 Å². The van der Waals surface area contributed by atoms with Crippen LogP contribution in [-0.4, -0.2) is 30.9 Å². The number of thioether (sulfide) groups is 1. The van der Waals surface area contributed by atoms with Gasteiger partial charge in [-0.2, -0.15) is 11.8 Å². The Morgan fingerprint density at radius 2 is 2.38 bits per heavy atom. The normalized spacial score (nSPS) is 21.1. The van der Waals surface area contributed by atoms with Crippen molar-refractivity contribution in [1.29, 1.82) is 0 Å². The average Bonchev–Trinajstić information content (AvgIpc) is 2.70. The third-order valence-electron chi connectivity index (χ3n) is 2.34. The molecule has 16 heavy (non-hydrogen) atoms. The van der Waals surface area contributed by atoms with Gasteiger partial charge in [0.05, 0.1) is 0 Å². The van der Waals surface area contributed by atoms with Crippen molar-refractivity contribution in [2.45, 2.75) is 17.4 Å². The molecule has 0 bridgehead atoms. The largest absolute Gasteiger partial charge is 0.383 e. The molecule has 0 amide bonds. The zero-order valence-corrected chi connectivity index (χ0v) is 10.2. The van der Waals surface area contributed by atoms with E-state index >= 15 is 0 Å². The highest BCUT2D eigenvalue weighted by atomic mass is 32.2. The smallest absolute Gasteiger partial charge is 0.244 e. The molecule has 0 aliphatic carbocycles. The molecule has 1 aromatic rings. The highest BCUT2D eigenvalue weighted by molar-refractivity contribution is 7.99. The van der Waals surface area contributed by atoms with E-state index in [1.165, 1.54) is 12.3 Å². The maximum absolute atomic E-state index is 12.0. The molecule has 0 saturated carbocycles. The van der Waals surface area contributed by atoms with Gasteiger partial charge in [0.2, 0.25) is 10.0 Å². The summed E-state index contributed by atoms with van der Waals surface area (Å²) in [5, 5.41) is 0. The highest BCUT2D eigenvalue weighted by Crippen LogP contribution is 2.21. The highest BCUT2D eigenvalue weighted by Gasteiger charge is 2.24. The first-order valence-electron chi connectivity index (χ1n) is 4.90. The lowest BCUT2D eigenvalue weighted by Gasteiger charge is -2.12. The van der Waals surface area contributed by atoms with Crippen LogP contribution in [0.1, 0.15) is 6.42 Å². The number of hydrogen-bond donors (Lipinski definition) is 2. The number of hydrogen-bond acceptors (Lipinski definition) is 5. The molecule has 2 rings (SSSR count). The summed E-state index contributed by atoms with van der Waals surface area (Å²) in [6, 6.07) is 3.04. The molecule has 5 nitrogen and oxygen atoms in total. The zero-order chi connectivity index (χ0) is 11.6. The van der Waals surface area contributed by atoms with Gasteiger partial charge in [-0.15, -0.1) is 0 Å². The van der Waals surface area contributed by atoms with Gasteiger partial charge in [0.1, 0.15) is 10.7 Å². The van der Waals surface area contributed by atoms with Crippen LogP contribution >= 0.6 is 11.8 Å². The molecule has 1 aromatic heterocycles. The van der Waals surface area contributed by atoms with Gasteiger partial charge < -0.3 is 5.73 Å². The zero-order valence-electron chi connectivity index (χ0n) is 8.59. The van der Waals surface area contributed by atoms with Gasteiger partial charge in [0.15, 0.2) is 0 Å². The standard InChI is InChI=1S/C9H13N3O2S2/c10-9-8(2-1-4-11-9)16(13,14)12-7-3-5-15-6-7/h1-2,4,7,12H,3,5-6H2,(H2,10,11). The van der Waals surface area contributed by atoms with Crippen molar-refractivity contribution >= 4 is 27.6 Å². The second-order valence-corrected chi connectivity index (χ2v) is 6.40. The van der Waals surface area contributed by atoms with Crippen molar-refractivity contribution in [2.24, 2.45) is 0 Å². The van der Waals surface area contributed by atoms with E-state index in [1.54, 1.807) is 17.8 Å². The Morgan fingerprint density at radius 3 is 3.00 bits per heavy atom. The first-order chi connectivity index (χ1) is 7.59. The third kappa shape index (κ3) is 2.47. The summed E-state index contributed by atoms with van der Waals surface area (Å²) in [5.41, 5.74) is 5.55. The minimum atomic E-state index is -3.53. The number of aromatic nitrogens is 1. The average molecular weight is 259 g/mol. The fourth-order valence-electron chi connectivity index (χ4n) is 1.54. The summed E-state index contributed by atoms with van der Waals surface area (Å²) in [6.07, 6.45) is 2.34. The maximum Gasteiger partial charge on any atom is 0.244 e. The summed E-state index contributed by atoms with van der Waals surface area (Å²) in [5.74, 6) is 1.86. The topological polar surface area (TPSA) is 85.1 Å². The minimum absolute atomic E-state index is 0.00889. The van der Waals surface area contributed by atoms with Gasteiger partial charge in [0, 0.05) is 18.0 Å².